The lowest BCUT2D eigenvalue weighted by Crippen LogP contribution is -2.09. The molecule has 0 radical (unpaired) electrons. The second-order valence-corrected chi connectivity index (χ2v) is 3.55. The highest BCUT2D eigenvalue weighted by molar-refractivity contribution is 6.32. The van der Waals surface area contributed by atoms with Crippen molar-refractivity contribution in [3.8, 4) is 6.07 Å². The smallest absolute Gasteiger partial charge is 0.416 e. The molecule has 1 N–H and O–H groups in total. The van der Waals surface area contributed by atoms with Crippen LogP contribution in [-0.4, -0.2) is 11.1 Å². The molecular weight excluding hydrogens is 259 g/mol. The molecule has 0 saturated heterocycles. The molecule has 0 unspecified atom stereocenters. The molecule has 0 aliphatic heterocycles. The molecule has 17 heavy (non-hydrogen) atoms. The fourth-order valence-electron chi connectivity index (χ4n) is 1.22. The molecular formula is C10H5ClF3NO2. The van der Waals surface area contributed by atoms with Gasteiger partial charge in [-0.2, -0.15) is 18.4 Å². The number of carboxylic acid groups (broad SMARTS) is 1. The summed E-state index contributed by atoms with van der Waals surface area (Å²) in [7, 11) is 0. The van der Waals surface area contributed by atoms with Crippen LogP contribution in [0.25, 0.3) is 0 Å². The minimum absolute atomic E-state index is 0.231. The first-order chi connectivity index (χ1) is 7.75. The summed E-state index contributed by atoms with van der Waals surface area (Å²) in [6.45, 7) is 0. The van der Waals surface area contributed by atoms with Crippen molar-refractivity contribution in [2.24, 2.45) is 0 Å². The van der Waals surface area contributed by atoms with Crippen LogP contribution in [0.2, 0.25) is 5.02 Å². The molecule has 3 nitrogen and oxygen atoms in total. The number of hydrogen-bond donors (Lipinski definition) is 1. The third kappa shape index (κ3) is 3.11. The lowest BCUT2D eigenvalue weighted by molar-refractivity contribution is -0.138. The second kappa shape index (κ2) is 4.63. The molecule has 0 bridgehead atoms. The van der Waals surface area contributed by atoms with E-state index in [9.17, 15) is 18.0 Å². The Labute approximate surface area is 99.0 Å². The largest absolute Gasteiger partial charge is 0.481 e. The number of alkyl halides is 3. The third-order valence-electron chi connectivity index (χ3n) is 1.94. The molecule has 90 valence electrons. The van der Waals surface area contributed by atoms with Gasteiger partial charge in [-0.3, -0.25) is 4.79 Å². The Morgan fingerprint density at radius 1 is 1.47 bits per heavy atom. The number of nitriles is 1. The van der Waals surface area contributed by atoms with E-state index >= 15 is 0 Å². The monoisotopic (exact) mass is 263 g/mol. The van der Waals surface area contributed by atoms with Gasteiger partial charge in [0.25, 0.3) is 0 Å². The molecule has 0 fully saturated rings. The van der Waals surface area contributed by atoms with E-state index in [4.69, 9.17) is 22.0 Å². The molecule has 0 saturated carbocycles. The Hall–Kier alpha value is -1.74. The Morgan fingerprint density at radius 2 is 2.06 bits per heavy atom. The van der Waals surface area contributed by atoms with Crippen molar-refractivity contribution < 1.29 is 23.1 Å². The van der Waals surface area contributed by atoms with Crippen LogP contribution in [-0.2, 0) is 17.4 Å². The Kier molecular flexibility index (Phi) is 3.63. The lowest BCUT2D eigenvalue weighted by Gasteiger charge is -2.10. The molecule has 0 aliphatic carbocycles. The maximum atomic E-state index is 12.5. The molecule has 7 heteroatoms. The van der Waals surface area contributed by atoms with Crippen LogP contribution >= 0.6 is 11.6 Å². The summed E-state index contributed by atoms with van der Waals surface area (Å²) >= 11 is 5.62. The van der Waals surface area contributed by atoms with Gasteiger partial charge in [-0.05, 0) is 17.7 Å². The van der Waals surface area contributed by atoms with Crippen molar-refractivity contribution in [2.45, 2.75) is 12.6 Å². The maximum absolute atomic E-state index is 12.5. The molecule has 0 aliphatic rings. The van der Waals surface area contributed by atoms with E-state index in [0.717, 1.165) is 0 Å². The summed E-state index contributed by atoms with van der Waals surface area (Å²) in [4.78, 5) is 10.5. The van der Waals surface area contributed by atoms with E-state index in [0.29, 0.717) is 12.1 Å². The Bertz CT molecular complexity index is 505. The zero-order valence-corrected chi connectivity index (χ0v) is 8.93. The predicted molar refractivity (Wildman–Crippen MR) is 52.5 cm³/mol. The summed E-state index contributed by atoms with van der Waals surface area (Å²) in [5, 5.41) is 16.9. The van der Waals surface area contributed by atoms with Gasteiger partial charge in [-0.1, -0.05) is 11.6 Å². The highest BCUT2D eigenvalue weighted by atomic mass is 35.5. The first-order valence-corrected chi connectivity index (χ1v) is 4.65. The molecule has 0 aromatic heterocycles. The van der Waals surface area contributed by atoms with Crippen LogP contribution in [0.3, 0.4) is 0 Å². The van der Waals surface area contributed by atoms with E-state index in [-0.39, 0.29) is 10.6 Å². The van der Waals surface area contributed by atoms with Crippen molar-refractivity contribution in [2.75, 3.05) is 0 Å². The van der Waals surface area contributed by atoms with Crippen LogP contribution in [0.15, 0.2) is 12.1 Å². The number of carboxylic acids is 1. The molecule has 1 aromatic carbocycles. The van der Waals surface area contributed by atoms with Gasteiger partial charge < -0.3 is 5.11 Å². The highest BCUT2D eigenvalue weighted by Gasteiger charge is 2.32. The lowest BCUT2D eigenvalue weighted by atomic mass is 10.0. The molecule has 0 heterocycles. The molecule has 0 atom stereocenters. The number of rotatable bonds is 2. The van der Waals surface area contributed by atoms with Crippen LogP contribution in [0.5, 0.6) is 0 Å². The number of benzene rings is 1. The van der Waals surface area contributed by atoms with Gasteiger partial charge >= 0.3 is 12.1 Å². The van der Waals surface area contributed by atoms with Gasteiger partial charge in [0, 0.05) is 0 Å². The van der Waals surface area contributed by atoms with Gasteiger partial charge in [0.1, 0.15) is 6.07 Å². The van der Waals surface area contributed by atoms with Crippen molar-refractivity contribution in [3.63, 3.8) is 0 Å². The first kappa shape index (κ1) is 13.3. The zero-order chi connectivity index (χ0) is 13.2. The van der Waals surface area contributed by atoms with Crippen molar-refractivity contribution in [1.29, 1.82) is 5.26 Å². The molecule has 1 rings (SSSR count). The average molecular weight is 264 g/mol. The van der Waals surface area contributed by atoms with E-state index in [2.05, 4.69) is 0 Å². The average Bonchev–Trinajstić information content (AvgIpc) is 2.18. The second-order valence-electron chi connectivity index (χ2n) is 3.18. The summed E-state index contributed by atoms with van der Waals surface area (Å²) in [5.74, 6) is -1.32. The minimum atomic E-state index is -4.65. The number of carbonyl (C=O) groups is 1. The quantitative estimate of drug-likeness (QED) is 0.892. The third-order valence-corrected chi connectivity index (χ3v) is 2.38. The van der Waals surface area contributed by atoms with Crippen molar-refractivity contribution in [3.05, 3.63) is 33.8 Å². The van der Waals surface area contributed by atoms with E-state index in [1.54, 1.807) is 0 Å². The minimum Gasteiger partial charge on any atom is -0.481 e. The first-order valence-electron chi connectivity index (χ1n) is 4.27. The van der Waals surface area contributed by atoms with Crippen LogP contribution in [0, 0.1) is 11.3 Å². The summed E-state index contributed by atoms with van der Waals surface area (Å²) in [6, 6.07) is 2.72. The number of halogens is 4. The van der Waals surface area contributed by atoms with E-state index < -0.39 is 29.7 Å². The fraction of sp³-hybridized carbons (Fsp3) is 0.200. The Balaban J connectivity index is 3.40. The van der Waals surface area contributed by atoms with Gasteiger partial charge in [-0.25, -0.2) is 0 Å². The zero-order valence-electron chi connectivity index (χ0n) is 8.18. The molecule has 0 spiro atoms. The predicted octanol–water partition coefficient (Wildman–Crippen LogP) is 2.86. The molecule has 1 aromatic rings. The maximum Gasteiger partial charge on any atom is 0.416 e. The van der Waals surface area contributed by atoms with Crippen molar-refractivity contribution in [1.82, 2.24) is 0 Å². The summed E-state index contributed by atoms with van der Waals surface area (Å²) in [5.41, 5.74) is -1.71. The number of aliphatic carboxylic acids is 1. The number of hydrogen-bond acceptors (Lipinski definition) is 2. The van der Waals surface area contributed by atoms with Gasteiger partial charge in [-0.15, -0.1) is 0 Å². The van der Waals surface area contributed by atoms with Crippen LogP contribution in [0.1, 0.15) is 16.7 Å². The van der Waals surface area contributed by atoms with E-state index in [1.165, 1.54) is 6.07 Å². The van der Waals surface area contributed by atoms with Crippen LogP contribution < -0.4 is 0 Å². The van der Waals surface area contributed by atoms with Gasteiger partial charge in [0.15, 0.2) is 0 Å². The highest BCUT2D eigenvalue weighted by Crippen LogP contribution is 2.33. The fourth-order valence-corrected chi connectivity index (χ4v) is 1.44. The van der Waals surface area contributed by atoms with Crippen LogP contribution in [0.4, 0.5) is 13.2 Å². The SMILES string of the molecule is N#Cc1cc(C(F)(F)F)cc(CC(=O)O)c1Cl. The van der Waals surface area contributed by atoms with Crippen molar-refractivity contribution >= 4 is 17.6 Å². The topological polar surface area (TPSA) is 61.1 Å². The summed E-state index contributed by atoms with van der Waals surface area (Å²) in [6.07, 6.45) is -5.32. The van der Waals surface area contributed by atoms with E-state index in [1.807, 2.05) is 0 Å². The standard InChI is InChI=1S/C10H5ClF3NO2/c11-9-5(3-8(16)17)1-7(10(12,13)14)2-6(9)4-15/h1-2H,3H2,(H,16,17). The normalized spacial score (nSPS) is 11.0. The van der Waals surface area contributed by atoms with Gasteiger partial charge in [0.05, 0.1) is 22.6 Å². The molecule has 0 amide bonds. The Morgan fingerprint density at radius 3 is 2.47 bits per heavy atom. The van der Waals surface area contributed by atoms with Gasteiger partial charge in [0.2, 0.25) is 0 Å². The number of nitrogens with zero attached hydrogens (tertiary/aromatic N) is 1. The summed E-state index contributed by atoms with van der Waals surface area (Å²) < 4.78 is 37.4.